The van der Waals surface area contributed by atoms with Gasteiger partial charge in [-0.1, -0.05) is 25.7 Å². The van der Waals surface area contributed by atoms with Gasteiger partial charge < -0.3 is 5.32 Å². The molecule has 0 spiro atoms. The average molecular weight is 227 g/mol. The molecule has 0 bridgehead atoms. The van der Waals surface area contributed by atoms with Crippen LogP contribution in [0.25, 0.3) is 0 Å². The van der Waals surface area contributed by atoms with E-state index in [0.29, 0.717) is 0 Å². The van der Waals surface area contributed by atoms with E-state index in [4.69, 9.17) is 0 Å². The Balaban J connectivity index is 1.53. The summed E-state index contributed by atoms with van der Waals surface area (Å²) >= 11 is 2.25. The third-order valence-corrected chi connectivity index (χ3v) is 5.20. The zero-order valence-electron chi connectivity index (χ0n) is 9.84. The van der Waals surface area contributed by atoms with Gasteiger partial charge in [0.25, 0.3) is 0 Å². The van der Waals surface area contributed by atoms with Crippen molar-refractivity contribution < 1.29 is 0 Å². The van der Waals surface area contributed by atoms with Crippen molar-refractivity contribution in [3.05, 3.63) is 0 Å². The van der Waals surface area contributed by atoms with E-state index in [1.807, 2.05) is 0 Å². The van der Waals surface area contributed by atoms with Gasteiger partial charge >= 0.3 is 0 Å². The minimum Gasteiger partial charge on any atom is -0.314 e. The van der Waals surface area contributed by atoms with Crippen LogP contribution in [-0.2, 0) is 0 Å². The fourth-order valence-electron chi connectivity index (χ4n) is 2.78. The smallest absolute Gasteiger partial charge is 0.00749 e. The summed E-state index contributed by atoms with van der Waals surface area (Å²) in [5.41, 5.74) is 0. The summed E-state index contributed by atoms with van der Waals surface area (Å²) in [5.74, 6) is 1.39. The Bertz CT molecular complexity index is 142. The summed E-state index contributed by atoms with van der Waals surface area (Å²) in [6, 6.07) is 0.842. The minimum atomic E-state index is 0.842. The number of thioether (sulfide) groups is 1. The second-order valence-electron chi connectivity index (χ2n) is 5.07. The van der Waals surface area contributed by atoms with Crippen LogP contribution < -0.4 is 5.32 Å². The van der Waals surface area contributed by atoms with Crippen molar-refractivity contribution in [1.29, 1.82) is 0 Å². The molecule has 0 radical (unpaired) electrons. The van der Waals surface area contributed by atoms with Crippen molar-refractivity contribution in [2.24, 2.45) is 0 Å². The predicted octanol–water partition coefficient (Wildman–Crippen LogP) is 3.58. The molecule has 1 aliphatic carbocycles. The Labute approximate surface area is 98.8 Å². The van der Waals surface area contributed by atoms with Crippen molar-refractivity contribution in [1.82, 2.24) is 5.32 Å². The fourth-order valence-corrected chi connectivity index (χ4v) is 4.20. The Hall–Kier alpha value is 0.310. The maximum Gasteiger partial charge on any atom is 0.00749 e. The van der Waals surface area contributed by atoms with E-state index < -0.39 is 0 Å². The highest BCUT2D eigenvalue weighted by molar-refractivity contribution is 7.99. The Morgan fingerprint density at radius 3 is 2.47 bits per heavy atom. The maximum absolute atomic E-state index is 3.64. The van der Waals surface area contributed by atoms with E-state index in [1.54, 1.807) is 0 Å². The molecule has 2 aliphatic rings. The summed E-state index contributed by atoms with van der Waals surface area (Å²) in [6.45, 7) is 1.26. The van der Waals surface area contributed by atoms with E-state index in [9.17, 15) is 0 Å². The third kappa shape index (κ3) is 4.36. The lowest BCUT2D eigenvalue weighted by Gasteiger charge is -2.25. The molecule has 15 heavy (non-hydrogen) atoms. The Kier molecular flexibility index (Phi) is 5.34. The minimum absolute atomic E-state index is 0.842. The van der Waals surface area contributed by atoms with Gasteiger partial charge in [0, 0.05) is 11.3 Å². The predicted molar refractivity (Wildman–Crippen MR) is 69.6 cm³/mol. The van der Waals surface area contributed by atoms with Crippen LogP contribution in [0, 0.1) is 0 Å². The van der Waals surface area contributed by atoms with Gasteiger partial charge in [0.15, 0.2) is 0 Å². The molecule has 0 aromatic heterocycles. The summed E-state index contributed by atoms with van der Waals surface area (Å²) < 4.78 is 0. The average Bonchev–Trinajstić information content (AvgIpc) is 2.32. The highest BCUT2D eigenvalue weighted by Gasteiger charge is 2.16. The largest absolute Gasteiger partial charge is 0.314 e. The summed E-state index contributed by atoms with van der Waals surface area (Å²) in [4.78, 5) is 0. The zero-order chi connectivity index (χ0) is 10.3. The molecule has 2 rings (SSSR count). The first-order valence-electron chi connectivity index (χ1n) is 6.80. The quantitative estimate of drug-likeness (QED) is 0.788. The van der Waals surface area contributed by atoms with Crippen LogP contribution in [0.15, 0.2) is 0 Å². The van der Waals surface area contributed by atoms with E-state index in [0.717, 1.165) is 11.3 Å². The van der Waals surface area contributed by atoms with Gasteiger partial charge in [-0.25, -0.2) is 0 Å². The van der Waals surface area contributed by atoms with Gasteiger partial charge in [-0.3, -0.25) is 0 Å². The van der Waals surface area contributed by atoms with Gasteiger partial charge in [0.2, 0.25) is 0 Å². The summed E-state index contributed by atoms with van der Waals surface area (Å²) in [7, 11) is 0. The monoisotopic (exact) mass is 227 g/mol. The molecular weight excluding hydrogens is 202 g/mol. The Morgan fingerprint density at radius 2 is 1.73 bits per heavy atom. The van der Waals surface area contributed by atoms with E-state index in [-0.39, 0.29) is 0 Å². The van der Waals surface area contributed by atoms with Gasteiger partial charge in [-0.15, -0.1) is 0 Å². The lowest BCUT2D eigenvalue weighted by Crippen LogP contribution is -2.34. The van der Waals surface area contributed by atoms with Crippen molar-refractivity contribution in [2.45, 2.75) is 69.1 Å². The highest BCUT2D eigenvalue weighted by atomic mass is 32.2. The zero-order valence-corrected chi connectivity index (χ0v) is 10.7. The molecule has 1 saturated carbocycles. The molecular formula is C13H25NS. The van der Waals surface area contributed by atoms with Crippen molar-refractivity contribution >= 4 is 11.8 Å². The van der Waals surface area contributed by atoms with Crippen LogP contribution in [-0.4, -0.2) is 23.6 Å². The van der Waals surface area contributed by atoms with Crippen LogP contribution in [0.2, 0.25) is 0 Å². The number of piperidine rings is 1. The summed E-state index contributed by atoms with van der Waals surface area (Å²) in [5, 5.41) is 4.65. The van der Waals surface area contributed by atoms with Gasteiger partial charge in [0.1, 0.15) is 0 Å². The molecule has 1 N–H and O–H groups in total. The van der Waals surface area contributed by atoms with E-state index in [2.05, 4.69) is 17.1 Å². The topological polar surface area (TPSA) is 12.0 Å². The second-order valence-corrected chi connectivity index (χ2v) is 6.47. The molecule has 1 atom stereocenters. The Morgan fingerprint density at radius 1 is 0.933 bits per heavy atom. The van der Waals surface area contributed by atoms with E-state index in [1.165, 1.54) is 70.1 Å². The first-order valence-corrected chi connectivity index (χ1v) is 7.85. The van der Waals surface area contributed by atoms with Crippen molar-refractivity contribution in [3.8, 4) is 0 Å². The van der Waals surface area contributed by atoms with Gasteiger partial charge in [0.05, 0.1) is 0 Å². The van der Waals surface area contributed by atoms with Crippen molar-refractivity contribution in [3.63, 3.8) is 0 Å². The number of nitrogens with one attached hydrogen (secondary N) is 1. The van der Waals surface area contributed by atoms with Crippen LogP contribution in [0.1, 0.15) is 57.8 Å². The highest BCUT2D eigenvalue weighted by Crippen LogP contribution is 2.29. The first kappa shape index (κ1) is 11.8. The van der Waals surface area contributed by atoms with Crippen LogP contribution in [0.3, 0.4) is 0 Å². The third-order valence-electron chi connectivity index (χ3n) is 3.78. The number of hydrogen-bond donors (Lipinski definition) is 1. The second kappa shape index (κ2) is 6.80. The molecule has 88 valence electrons. The standard InChI is InChI=1S/C13H25NS/c1-2-7-13(8-3-1)15-11-9-12-6-4-5-10-14-12/h12-14H,1-11H2/t12-/m1/s1. The molecule has 2 fully saturated rings. The van der Waals surface area contributed by atoms with Gasteiger partial charge in [-0.05, 0) is 44.4 Å². The number of hydrogen-bond acceptors (Lipinski definition) is 2. The maximum atomic E-state index is 3.64. The molecule has 0 aromatic rings. The lowest BCUT2D eigenvalue weighted by atomic mass is 10.0. The SMILES string of the molecule is C1CCC(SCC[C@H]2CCCCN2)CC1. The molecule has 0 unspecified atom stereocenters. The molecule has 0 aromatic carbocycles. The molecule has 1 saturated heterocycles. The summed E-state index contributed by atoms with van der Waals surface area (Å²) in [6.07, 6.45) is 13.1. The van der Waals surface area contributed by atoms with Gasteiger partial charge in [-0.2, -0.15) is 11.8 Å². The molecule has 2 heteroatoms. The fraction of sp³-hybridized carbons (Fsp3) is 1.00. The lowest BCUT2D eigenvalue weighted by molar-refractivity contribution is 0.394. The van der Waals surface area contributed by atoms with E-state index >= 15 is 0 Å². The first-order chi connectivity index (χ1) is 7.45. The molecule has 1 heterocycles. The normalized spacial score (nSPS) is 29.2. The van der Waals surface area contributed by atoms with Crippen molar-refractivity contribution in [2.75, 3.05) is 12.3 Å². The van der Waals surface area contributed by atoms with Crippen LogP contribution in [0.4, 0.5) is 0 Å². The molecule has 0 amide bonds. The molecule has 1 nitrogen and oxygen atoms in total. The van der Waals surface area contributed by atoms with Crippen LogP contribution >= 0.6 is 11.8 Å². The van der Waals surface area contributed by atoms with Crippen LogP contribution in [0.5, 0.6) is 0 Å². The number of rotatable bonds is 4. The molecule has 1 aliphatic heterocycles.